The summed E-state index contributed by atoms with van der Waals surface area (Å²) in [5.41, 5.74) is 7.10. The number of aromatic nitrogens is 2. The summed E-state index contributed by atoms with van der Waals surface area (Å²) >= 11 is 5.71. The molecule has 220 valence electrons. The van der Waals surface area contributed by atoms with Gasteiger partial charge in [-0.1, -0.05) is 30.3 Å². The average molecular weight is 600 g/mol. The van der Waals surface area contributed by atoms with Gasteiger partial charge in [0.25, 0.3) is 0 Å². The first-order valence-electron chi connectivity index (χ1n) is 14.0. The highest BCUT2D eigenvalue weighted by Crippen LogP contribution is 2.31. The number of nitrogens with zero attached hydrogens (tertiary/aromatic N) is 2. The normalized spacial score (nSPS) is 13.7. The first-order chi connectivity index (χ1) is 21.0. The van der Waals surface area contributed by atoms with Crippen LogP contribution in [0.1, 0.15) is 23.1 Å². The molecular formula is C35H32ClF2N3O2. The Morgan fingerprint density at radius 2 is 1.40 bits per heavy atom. The fourth-order valence-electron chi connectivity index (χ4n) is 4.80. The number of benzene rings is 3. The number of methoxy groups -OCH3 is 1. The Morgan fingerprint density at radius 3 is 2.00 bits per heavy atom. The third-order valence-electron chi connectivity index (χ3n) is 7.10. The Bertz CT molecular complexity index is 1630. The molecule has 1 aliphatic rings. The van der Waals surface area contributed by atoms with Gasteiger partial charge in [0.15, 0.2) is 0 Å². The molecule has 3 aromatic carbocycles. The highest BCUT2D eigenvalue weighted by atomic mass is 35.5. The number of alkyl halides is 1. The summed E-state index contributed by atoms with van der Waals surface area (Å²) in [7, 11) is 1.66. The van der Waals surface area contributed by atoms with Crippen molar-refractivity contribution in [3.05, 3.63) is 132 Å². The number of fused-ring (bicyclic) bond motifs is 1. The smallest absolute Gasteiger partial charge is 0.126 e. The number of hydrogen-bond donors (Lipinski definition) is 1. The van der Waals surface area contributed by atoms with Gasteiger partial charge >= 0.3 is 0 Å². The second-order valence-electron chi connectivity index (χ2n) is 10.2. The Hall–Kier alpha value is -4.33. The largest absolute Gasteiger partial charge is 0.497 e. The number of ether oxygens (including phenoxy) is 2. The lowest BCUT2D eigenvalue weighted by molar-refractivity contribution is 0.169. The van der Waals surface area contributed by atoms with Crippen LogP contribution in [-0.2, 0) is 18.8 Å². The van der Waals surface area contributed by atoms with E-state index in [9.17, 15) is 8.78 Å². The van der Waals surface area contributed by atoms with Gasteiger partial charge in [0.05, 0.1) is 7.11 Å². The maximum absolute atomic E-state index is 13.1. The molecule has 1 N–H and O–H groups in total. The molecule has 3 heterocycles. The van der Waals surface area contributed by atoms with E-state index in [1.54, 1.807) is 50.0 Å². The molecule has 5 aromatic rings. The van der Waals surface area contributed by atoms with Crippen molar-refractivity contribution in [1.29, 1.82) is 0 Å². The third-order valence-corrected chi connectivity index (χ3v) is 7.41. The van der Waals surface area contributed by atoms with Crippen molar-refractivity contribution in [1.82, 2.24) is 15.3 Å². The fourth-order valence-corrected chi connectivity index (χ4v) is 4.95. The lowest BCUT2D eigenvalue weighted by Gasteiger charge is -2.26. The molecule has 6 rings (SSSR count). The summed E-state index contributed by atoms with van der Waals surface area (Å²) in [4.78, 5) is 8.39. The number of rotatable bonds is 8. The lowest BCUT2D eigenvalue weighted by Crippen LogP contribution is -2.34. The van der Waals surface area contributed by atoms with Gasteiger partial charge < -0.3 is 14.8 Å². The van der Waals surface area contributed by atoms with Gasteiger partial charge in [0, 0.05) is 61.0 Å². The summed E-state index contributed by atoms with van der Waals surface area (Å²) in [5.74, 6) is 1.69. The summed E-state index contributed by atoms with van der Waals surface area (Å²) in [5, 5.41) is 3.46. The van der Waals surface area contributed by atoms with Crippen LogP contribution in [0.15, 0.2) is 104 Å². The Labute approximate surface area is 255 Å². The number of nitrogens with one attached hydrogen (secondary N) is 1. The van der Waals surface area contributed by atoms with Gasteiger partial charge in [-0.25, -0.2) is 8.78 Å². The predicted octanol–water partition coefficient (Wildman–Crippen LogP) is 8.01. The van der Waals surface area contributed by atoms with Gasteiger partial charge in [0.1, 0.15) is 29.2 Å². The monoisotopic (exact) mass is 599 g/mol. The van der Waals surface area contributed by atoms with E-state index in [1.807, 2.05) is 24.4 Å². The molecule has 5 nitrogen and oxygen atoms in total. The van der Waals surface area contributed by atoms with Crippen molar-refractivity contribution < 1.29 is 18.3 Å². The van der Waals surface area contributed by atoms with Gasteiger partial charge in [-0.2, -0.15) is 0 Å². The van der Waals surface area contributed by atoms with E-state index >= 15 is 0 Å². The summed E-state index contributed by atoms with van der Waals surface area (Å²) in [6.07, 6.45) is 9.23. The van der Waals surface area contributed by atoms with E-state index in [1.165, 1.54) is 29.8 Å². The lowest BCUT2D eigenvalue weighted by atomic mass is 10.0. The maximum atomic E-state index is 13.1. The molecule has 2 aromatic heterocycles. The predicted molar refractivity (Wildman–Crippen MR) is 166 cm³/mol. The molecule has 0 radical (unpaired) electrons. The van der Waals surface area contributed by atoms with Crippen molar-refractivity contribution in [3.8, 4) is 33.8 Å². The van der Waals surface area contributed by atoms with E-state index in [0.29, 0.717) is 12.4 Å². The van der Waals surface area contributed by atoms with Crippen LogP contribution in [0.5, 0.6) is 11.5 Å². The molecule has 1 unspecified atom stereocenters. The molecule has 0 saturated carbocycles. The molecule has 0 fully saturated rings. The molecule has 1 aliphatic heterocycles. The van der Waals surface area contributed by atoms with Gasteiger partial charge in [-0.05, 0) is 83.1 Å². The molecule has 0 saturated heterocycles. The van der Waals surface area contributed by atoms with E-state index in [0.717, 1.165) is 64.3 Å². The third kappa shape index (κ3) is 8.37. The van der Waals surface area contributed by atoms with Crippen LogP contribution >= 0.6 is 11.6 Å². The van der Waals surface area contributed by atoms with Crippen molar-refractivity contribution in [2.75, 3.05) is 13.7 Å². The summed E-state index contributed by atoms with van der Waals surface area (Å²) in [6.45, 7) is 1.46. The van der Waals surface area contributed by atoms with Crippen molar-refractivity contribution in [3.63, 3.8) is 0 Å². The Balaban J connectivity index is 0.000000207. The number of aryl methyl sites for hydroxylation is 1. The summed E-state index contributed by atoms with van der Waals surface area (Å²) < 4.78 is 37.2. The highest BCUT2D eigenvalue weighted by Gasteiger charge is 2.20. The van der Waals surface area contributed by atoms with Crippen molar-refractivity contribution in [2.45, 2.75) is 31.4 Å². The zero-order valence-corrected chi connectivity index (χ0v) is 24.5. The molecule has 0 spiro atoms. The quantitative estimate of drug-likeness (QED) is 0.183. The van der Waals surface area contributed by atoms with Crippen LogP contribution < -0.4 is 14.8 Å². The zero-order chi connectivity index (χ0) is 30.0. The molecule has 0 aliphatic carbocycles. The number of halogens is 3. The molecular weight excluding hydrogens is 568 g/mol. The second-order valence-corrected chi connectivity index (χ2v) is 10.5. The highest BCUT2D eigenvalue weighted by molar-refractivity contribution is 6.17. The van der Waals surface area contributed by atoms with E-state index in [2.05, 4.69) is 27.4 Å². The topological polar surface area (TPSA) is 56.3 Å². The number of pyridine rings is 2. The molecule has 1 atom stereocenters. The van der Waals surface area contributed by atoms with E-state index in [4.69, 9.17) is 21.1 Å². The van der Waals surface area contributed by atoms with Gasteiger partial charge in [-0.3, -0.25) is 9.97 Å². The summed E-state index contributed by atoms with van der Waals surface area (Å²) in [6, 6.07) is 22.8. The van der Waals surface area contributed by atoms with Crippen molar-refractivity contribution in [2.24, 2.45) is 0 Å². The van der Waals surface area contributed by atoms with E-state index < -0.39 is 0 Å². The van der Waals surface area contributed by atoms with Gasteiger partial charge in [-0.15, -0.1) is 11.6 Å². The molecule has 43 heavy (non-hydrogen) atoms. The number of hydrogen-bond acceptors (Lipinski definition) is 5. The van der Waals surface area contributed by atoms with Crippen LogP contribution in [-0.4, -0.2) is 29.7 Å². The molecule has 0 bridgehead atoms. The SMILES string of the molecule is COc1ccc2c(c1)OC(CNCc1cncc(-c3ccc(F)cc3)c1)CC2.Fc1ccc(-c2cncc(CCl)c2)cc1. The van der Waals surface area contributed by atoms with Crippen LogP contribution in [0.2, 0.25) is 0 Å². The van der Waals surface area contributed by atoms with Crippen LogP contribution in [0.25, 0.3) is 22.3 Å². The van der Waals surface area contributed by atoms with E-state index in [-0.39, 0.29) is 17.7 Å². The van der Waals surface area contributed by atoms with Crippen LogP contribution in [0, 0.1) is 11.6 Å². The standard InChI is InChI=1S/C23H23FN2O2.C12H9ClFN/c1-27-21-8-4-18-5-9-22(28-23(18)11-21)15-26-13-16-10-19(14-25-12-16)17-2-6-20(24)7-3-17;13-6-9-5-11(8-15-7-9)10-1-3-12(14)4-2-10/h2-4,6-8,10-12,14,22,26H,5,9,13,15H2,1H3;1-5,7-8H,6H2. The second kappa shape index (κ2) is 14.7. The van der Waals surface area contributed by atoms with Crippen LogP contribution in [0.3, 0.4) is 0 Å². The minimum atomic E-state index is -0.236. The average Bonchev–Trinajstić information content (AvgIpc) is 3.05. The minimum absolute atomic E-state index is 0.132. The van der Waals surface area contributed by atoms with Crippen LogP contribution in [0.4, 0.5) is 8.78 Å². The Kier molecular flexibility index (Phi) is 10.3. The first kappa shape index (κ1) is 30.1. The fraction of sp³-hybridized carbons (Fsp3) is 0.200. The van der Waals surface area contributed by atoms with Crippen molar-refractivity contribution >= 4 is 11.6 Å². The molecule has 0 amide bonds. The molecule has 8 heteroatoms. The van der Waals surface area contributed by atoms with Gasteiger partial charge in [0.2, 0.25) is 0 Å². The maximum Gasteiger partial charge on any atom is 0.126 e. The first-order valence-corrected chi connectivity index (χ1v) is 14.5. The zero-order valence-electron chi connectivity index (χ0n) is 23.8. The minimum Gasteiger partial charge on any atom is -0.497 e. The Morgan fingerprint density at radius 1 is 0.791 bits per heavy atom.